The molecule has 0 fully saturated rings. The smallest absolute Gasteiger partial charge is 0.273 e. The van der Waals surface area contributed by atoms with E-state index in [9.17, 15) is 4.79 Å². The van der Waals surface area contributed by atoms with Gasteiger partial charge in [-0.3, -0.25) is 4.79 Å². The van der Waals surface area contributed by atoms with Crippen molar-refractivity contribution in [3.8, 4) is 5.69 Å². The second-order valence-electron chi connectivity index (χ2n) is 4.60. The number of amides is 1. The van der Waals surface area contributed by atoms with Gasteiger partial charge in [-0.2, -0.15) is 0 Å². The fraction of sp³-hybridized carbons (Fsp3) is 0.357. The number of nitrogens with zero attached hydrogens (tertiary/aromatic N) is 3. The fourth-order valence-corrected chi connectivity index (χ4v) is 2.10. The van der Waals surface area contributed by atoms with Gasteiger partial charge in [0.1, 0.15) is 0 Å². The number of aliphatic hydroxyl groups is 1. The Morgan fingerprint density at radius 3 is 2.95 bits per heavy atom. The monoisotopic (exact) mass is 308 g/mol. The topological polar surface area (TPSA) is 80.0 Å². The molecule has 0 aliphatic carbocycles. The third-order valence-electron chi connectivity index (χ3n) is 3.03. The van der Waals surface area contributed by atoms with Crippen LogP contribution in [0.3, 0.4) is 0 Å². The molecule has 1 aromatic carbocycles. The fourth-order valence-electron chi connectivity index (χ4n) is 1.91. The first-order chi connectivity index (χ1) is 10.1. The number of halogens is 1. The van der Waals surface area contributed by atoms with Crippen LogP contribution in [0.1, 0.15) is 29.0 Å². The lowest BCUT2D eigenvalue weighted by Crippen LogP contribution is -2.25. The molecule has 0 unspecified atom stereocenters. The lowest BCUT2D eigenvalue weighted by molar-refractivity contribution is 0.0946. The summed E-state index contributed by atoms with van der Waals surface area (Å²) in [7, 11) is 0. The number of rotatable bonds is 6. The first kappa shape index (κ1) is 15.5. The van der Waals surface area contributed by atoms with Gasteiger partial charge in [0, 0.05) is 18.2 Å². The van der Waals surface area contributed by atoms with Crippen molar-refractivity contribution < 1.29 is 9.90 Å². The third-order valence-corrected chi connectivity index (χ3v) is 3.27. The zero-order valence-electron chi connectivity index (χ0n) is 11.7. The maximum absolute atomic E-state index is 12.0. The van der Waals surface area contributed by atoms with Crippen LogP contribution in [0.15, 0.2) is 24.3 Å². The van der Waals surface area contributed by atoms with Gasteiger partial charge in [-0.15, -0.1) is 5.10 Å². The maximum atomic E-state index is 12.0. The summed E-state index contributed by atoms with van der Waals surface area (Å²) in [5.74, 6) is -0.265. The molecule has 0 saturated carbocycles. The van der Waals surface area contributed by atoms with Gasteiger partial charge in [-0.05, 0) is 38.0 Å². The van der Waals surface area contributed by atoms with Crippen molar-refractivity contribution in [2.45, 2.75) is 19.8 Å². The number of nitrogens with one attached hydrogen (secondary N) is 1. The maximum Gasteiger partial charge on any atom is 0.273 e. The van der Waals surface area contributed by atoms with Gasteiger partial charge >= 0.3 is 0 Å². The lowest BCUT2D eigenvalue weighted by atomic mass is 10.2. The molecule has 2 N–H and O–H groups in total. The Morgan fingerprint density at radius 2 is 2.24 bits per heavy atom. The largest absolute Gasteiger partial charge is 0.396 e. The molecule has 112 valence electrons. The zero-order chi connectivity index (χ0) is 15.2. The summed E-state index contributed by atoms with van der Waals surface area (Å²) in [5, 5.41) is 20.0. The minimum Gasteiger partial charge on any atom is -0.396 e. The SMILES string of the molecule is Cc1c(C(=O)NCCCCO)nnn1-c1cccc(Cl)c1. The van der Waals surface area contributed by atoms with E-state index in [1.54, 1.807) is 23.7 Å². The summed E-state index contributed by atoms with van der Waals surface area (Å²) < 4.78 is 1.58. The van der Waals surface area contributed by atoms with Crippen LogP contribution >= 0.6 is 11.6 Å². The Labute approximate surface area is 127 Å². The predicted molar refractivity (Wildman–Crippen MR) is 79.8 cm³/mol. The van der Waals surface area contributed by atoms with Crippen LogP contribution < -0.4 is 5.32 Å². The Bertz CT molecular complexity index is 627. The number of carbonyl (C=O) groups is 1. The molecule has 1 amide bonds. The Balaban J connectivity index is 2.11. The second kappa shape index (κ2) is 7.19. The summed E-state index contributed by atoms with van der Waals surface area (Å²) >= 11 is 5.95. The normalized spacial score (nSPS) is 10.6. The van der Waals surface area contributed by atoms with Crippen molar-refractivity contribution >= 4 is 17.5 Å². The van der Waals surface area contributed by atoms with E-state index < -0.39 is 0 Å². The van der Waals surface area contributed by atoms with E-state index in [2.05, 4.69) is 15.6 Å². The number of hydrogen-bond acceptors (Lipinski definition) is 4. The van der Waals surface area contributed by atoms with E-state index in [0.29, 0.717) is 29.4 Å². The molecular formula is C14H17ClN4O2. The minimum atomic E-state index is -0.265. The summed E-state index contributed by atoms with van der Waals surface area (Å²) in [5.41, 5.74) is 1.70. The van der Waals surface area contributed by atoms with Crippen molar-refractivity contribution in [3.63, 3.8) is 0 Å². The molecule has 0 atom stereocenters. The van der Waals surface area contributed by atoms with Crippen LogP contribution in [0.25, 0.3) is 5.69 Å². The van der Waals surface area contributed by atoms with Crippen molar-refractivity contribution in [2.75, 3.05) is 13.2 Å². The summed E-state index contributed by atoms with van der Waals surface area (Å²) in [6, 6.07) is 7.18. The molecule has 0 aliphatic heterocycles. The second-order valence-corrected chi connectivity index (χ2v) is 5.04. The van der Waals surface area contributed by atoms with Crippen molar-refractivity contribution in [1.29, 1.82) is 0 Å². The van der Waals surface area contributed by atoms with E-state index in [1.165, 1.54) is 0 Å². The highest BCUT2D eigenvalue weighted by Gasteiger charge is 2.16. The molecule has 0 aliphatic rings. The van der Waals surface area contributed by atoms with Gasteiger partial charge in [-0.1, -0.05) is 22.9 Å². The number of benzene rings is 1. The van der Waals surface area contributed by atoms with Crippen LogP contribution in [0.5, 0.6) is 0 Å². The number of carbonyl (C=O) groups excluding carboxylic acids is 1. The lowest BCUT2D eigenvalue weighted by Gasteiger charge is -2.05. The zero-order valence-corrected chi connectivity index (χ0v) is 12.5. The van der Waals surface area contributed by atoms with E-state index in [1.807, 2.05) is 12.1 Å². The van der Waals surface area contributed by atoms with E-state index in [4.69, 9.17) is 16.7 Å². The first-order valence-electron chi connectivity index (χ1n) is 6.71. The molecule has 7 heteroatoms. The van der Waals surface area contributed by atoms with Gasteiger partial charge in [-0.25, -0.2) is 4.68 Å². The standard InChI is InChI=1S/C14H17ClN4O2/c1-10-13(14(21)16-7-2-3-8-20)17-18-19(10)12-6-4-5-11(15)9-12/h4-6,9,20H,2-3,7-8H2,1H3,(H,16,21). The Hall–Kier alpha value is -1.92. The van der Waals surface area contributed by atoms with Gasteiger partial charge < -0.3 is 10.4 Å². The summed E-state index contributed by atoms with van der Waals surface area (Å²) in [4.78, 5) is 12.0. The highest BCUT2D eigenvalue weighted by atomic mass is 35.5. The molecule has 2 aromatic rings. The van der Waals surface area contributed by atoms with Gasteiger partial charge in [0.2, 0.25) is 0 Å². The number of aliphatic hydroxyl groups excluding tert-OH is 1. The minimum absolute atomic E-state index is 0.125. The average molecular weight is 309 g/mol. The van der Waals surface area contributed by atoms with Gasteiger partial charge in [0.25, 0.3) is 5.91 Å². The molecule has 0 spiro atoms. The van der Waals surface area contributed by atoms with Crippen molar-refractivity contribution in [1.82, 2.24) is 20.3 Å². The quantitative estimate of drug-likeness (QED) is 0.797. The summed E-state index contributed by atoms with van der Waals surface area (Å²) in [6.07, 6.45) is 1.39. The van der Waals surface area contributed by atoms with Gasteiger partial charge in [0.15, 0.2) is 5.69 Å². The number of aromatic nitrogens is 3. The molecule has 6 nitrogen and oxygen atoms in total. The molecule has 2 rings (SSSR count). The molecule has 0 saturated heterocycles. The van der Waals surface area contributed by atoms with E-state index in [0.717, 1.165) is 12.1 Å². The third kappa shape index (κ3) is 3.80. The van der Waals surface area contributed by atoms with E-state index >= 15 is 0 Å². The van der Waals surface area contributed by atoms with Crippen molar-refractivity contribution in [2.24, 2.45) is 0 Å². The molecule has 0 radical (unpaired) electrons. The highest BCUT2D eigenvalue weighted by molar-refractivity contribution is 6.30. The van der Waals surface area contributed by atoms with Gasteiger partial charge in [0.05, 0.1) is 11.4 Å². The highest BCUT2D eigenvalue weighted by Crippen LogP contribution is 2.16. The molecule has 21 heavy (non-hydrogen) atoms. The van der Waals surface area contributed by atoms with E-state index in [-0.39, 0.29) is 12.5 Å². The Kier molecular flexibility index (Phi) is 5.30. The first-order valence-corrected chi connectivity index (χ1v) is 7.08. The molecular weight excluding hydrogens is 292 g/mol. The Morgan fingerprint density at radius 1 is 1.43 bits per heavy atom. The van der Waals surface area contributed by atoms with Crippen LogP contribution in [-0.4, -0.2) is 39.2 Å². The molecule has 0 bridgehead atoms. The number of hydrogen-bond donors (Lipinski definition) is 2. The van der Waals surface area contributed by atoms with Crippen LogP contribution in [0.2, 0.25) is 5.02 Å². The number of unbranched alkanes of at least 4 members (excludes halogenated alkanes) is 1. The molecule has 1 heterocycles. The van der Waals surface area contributed by atoms with Crippen LogP contribution in [0, 0.1) is 6.92 Å². The van der Waals surface area contributed by atoms with Crippen molar-refractivity contribution in [3.05, 3.63) is 40.7 Å². The predicted octanol–water partition coefficient (Wildman–Crippen LogP) is 1.73. The molecule has 1 aromatic heterocycles. The van der Waals surface area contributed by atoms with Crippen LogP contribution in [-0.2, 0) is 0 Å². The average Bonchev–Trinajstić information content (AvgIpc) is 2.85. The van der Waals surface area contributed by atoms with Crippen LogP contribution in [0.4, 0.5) is 0 Å². The summed E-state index contributed by atoms with van der Waals surface area (Å²) in [6.45, 7) is 2.41.